The van der Waals surface area contributed by atoms with Crippen LogP contribution in [0.2, 0.25) is 0 Å². The molecule has 0 aliphatic heterocycles. The second kappa shape index (κ2) is 5.75. The molecule has 1 saturated carbocycles. The maximum absolute atomic E-state index is 11.8. The van der Waals surface area contributed by atoms with E-state index in [1.165, 1.54) is 0 Å². The Morgan fingerprint density at radius 3 is 2.31 bits per heavy atom. The first-order valence-corrected chi connectivity index (χ1v) is 5.80. The van der Waals surface area contributed by atoms with Crippen LogP contribution in [0.5, 0.6) is 0 Å². The molecule has 0 bridgehead atoms. The molecule has 0 radical (unpaired) electrons. The normalized spacial score (nSPS) is 26.5. The number of carbonyl (C=O) groups is 1. The number of hydrogen-bond donors (Lipinski definition) is 1. The summed E-state index contributed by atoms with van der Waals surface area (Å²) in [5.41, 5.74) is 0. The number of nitrogens with one attached hydrogen (secondary N) is 1. The van der Waals surface area contributed by atoms with Crippen molar-refractivity contribution in [3.05, 3.63) is 0 Å². The topological polar surface area (TPSA) is 29.1 Å². The van der Waals surface area contributed by atoms with Crippen molar-refractivity contribution in [2.24, 2.45) is 0 Å². The van der Waals surface area contributed by atoms with Gasteiger partial charge in [0.25, 0.3) is 0 Å². The Morgan fingerprint density at radius 1 is 1.25 bits per heavy atom. The number of carbonyl (C=O) groups excluding carboxylic acids is 1. The van der Waals surface area contributed by atoms with Crippen LogP contribution in [0, 0.1) is 0 Å². The number of halogens is 4. The lowest BCUT2D eigenvalue weighted by Crippen LogP contribution is -2.38. The quantitative estimate of drug-likeness (QED) is 0.774. The van der Waals surface area contributed by atoms with E-state index in [1.807, 2.05) is 0 Å². The van der Waals surface area contributed by atoms with Gasteiger partial charge in [-0.3, -0.25) is 4.79 Å². The molecule has 0 atom stereocenters. The number of amides is 1. The predicted molar refractivity (Wildman–Crippen MR) is 55.3 cm³/mol. The molecule has 1 amide bonds. The lowest BCUT2D eigenvalue weighted by Gasteiger charge is -2.25. The minimum absolute atomic E-state index is 0.00395. The molecule has 0 heterocycles. The van der Waals surface area contributed by atoms with Gasteiger partial charge in [0.1, 0.15) is 0 Å². The number of alkyl halides is 4. The van der Waals surface area contributed by atoms with E-state index in [2.05, 4.69) is 5.32 Å². The Labute approximate surface area is 97.5 Å². The van der Waals surface area contributed by atoms with Crippen molar-refractivity contribution in [3.63, 3.8) is 0 Å². The predicted octanol–water partition coefficient (Wildman–Crippen LogP) is 3.00. The summed E-state index contributed by atoms with van der Waals surface area (Å²) >= 11 is 5.88. The van der Waals surface area contributed by atoms with E-state index in [4.69, 9.17) is 11.6 Å². The van der Waals surface area contributed by atoms with Crippen molar-refractivity contribution in [1.29, 1.82) is 0 Å². The van der Waals surface area contributed by atoms with Gasteiger partial charge in [0.2, 0.25) is 5.91 Å². The summed E-state index contributed by atoms with van der Waals surface area (Å²) in [6.45, 7) is 0. The Kier molecular flexibility index (Phi) is 4.89. The zero-order chi connectivity index (χ0) is 12.2. The molecule has 6 heteroatoms. The minimum atomic E-state index is -4.26. The average Bonchev–Trinajstić information content (AvgIpc) is 2.18. The van der Waals surface area contributed by atoms with Crippen LogP contribution in [0.1, 0.15) is 38.5 Å². The van der Waals surface area contributed by atoms with Gasteiger partial charge in [-0.05, 0) is 25.7 Å². The molecule has 0 aromatic rings. The molecule has 0 spiro atoms. The van der Waals surface area contributed by atoms with Crippen LogP contribution >= 0.6 is 11.6 Å². The second-order valence-electron chi connectivity index (χ2n) is 4.13. The highest BCUT2D eigenvalue weighted by Crippen LogP contribution is 2.24. The van der Waals surface area contributed by atoms with Gasteiger partial charge in [0.15, 0.2) is 0 Å². The highest BCUT2D eigenvalue weighted by Gasteiger charge is 2.28. The van der Waals surface area contributed by atoms with E-state index < -0.39 is 24.9 Å². The molecule has 2 nitrogen and oxygen atoms in total. The third-order valence-electron chi connectivity index (χ3n) is 2.66. The molecule has 1 rings (SSSR count). The van der Waals surface area contributed by atoms with E-state index >= 15 is 0 Å². The van der Waals surface area contributed by atoms with Crippen LogP contribution in [-0.2, 0) is 4.79 Å². The molecule has 0 unspecified atom stereocenters. The Morgan fingerprint density at radius 2 is 1.81 bits per heavy atom. The molecule has 0 aromatic carbocycles. The van der Waals surface area contributed by atoms with Crippen LogP contribution in [-0.4, -0.2) is 23.5 Å². The molecular formula is C10H15ClF3NO. The smallest absolute Gasteiger partial charge is 0.353 e. The van der Waals surface area contributed by atoms with Crippen molar-refractivity contribution in [1.82, 2.24) is 5.32 Å². The molecule has 0 aromatic heterocycles. The number of rotatable bonds is 3. The molecule has 16 heavy (non-hydrogen) atoms. The standard InChI is InChI=1S/C10H15ClF3NO/c11-7-1-3-8(4-2-7)15-9(16)5-6-10(12,13)14/h7-8H,1-6H2,(H,15,16). The zero-order valence-electron chi connectivity index (χ0n) is 8.82. The fourth-order valence-corrected chi connectivity index (χ4v) is 2.00. The molecule has 1 aliphatic carbocycles. The molecule has 1 fully saturated rings. The van der Waals surface area contributed by atoms with Gasteiger partial charge in [-0.25, -0.2) is 0 Å². The van der Waals surface area contributed by atoms with Gasteiger partial charge in [-0.2, -0.15) is 13.2 Å². The third-order valence-corrected chi connectivity index (χ3v) is 3.09. The highest BCUT2D eigenvalue weighted by molar-refractivity contribution is 6.20. The summed E-state index contributed by atoms with van der Waals surface area (Å²) in [5.74, 6) is -0.518. The number of hydrogen-bond acceptors (Lipinski definition) is 1. The van der Waals surface area contributed by atoms with Gasteiger partial charge >= 0.3 is 6.18 Å². The van der Waals surface area contributed by atoms with Gasteiger partial charge in [0, 0.05) is 17.8 Å². The molecule has 1 aliphatic rings. The maximum atomic E-state index is 11.8. The summed E-state index contributed by atoms with van der Waals surface area (Å²) in [4.78, 5) is 11.2. The summed E-state index contributed by atoms with van der Waals surface area (Å²) in [5, 5.41) is 2.76. The molecule has 94 valence electrons. The fourth-order valence-electron chi connectivity index (χ4n) is 1.75. The Balaban J connectivity index is 2.19. The maximum Gasteiger partial charge on any atom is 0.389 e. The van der Waals surface area contributed by atoms with Gasteiger partial charge in [-0.15, -0.1) is 11.6 Å². The van der Waals surface area contributed by atoms with Crippen molar-refractivity contribution in [2.45, 2.75) is 56.1 Å². The average molecular weight is 258 g/mol. The van der Waals surface area contributed by atoms with E-state index in [1.54, 1.807) is 0 Å². The van der Waals surface area contributed by atoms with Gasteiger partial charge in [-0.1, -0.05) is 0 Å². The van der Waals surface area contributed by atoms with Crippen LogP contribution < -0.4 is 5.32 Å². The third kappa shape index (κ3) is 5.58. The van der Waals surface area contributed by atoms with Crippen molar-refractivity contribution >= 4 is 17.5 Å². The summed E-state index contributed by atoms with van der Waals surface area (Å²) in [6.07, 6.45) is -2.66. The zero-order valence-corrected chi connectivity index (χ0v) is 9.57. The fraction of sp³-hybridized carbons (Fsp3) is 0.900. The van der Waals surface area contributed by atoms with Gasteiger partial charge in [0.05, 0.1) is 6.42 Å². The van der Waals surface area contributed by atoms with Crippen molar-refractivity contribution in [3.8, 4) is 0 Å². The first kappa shape index (κ1) is 13.6. The summed E-state index contributed by atoms with van der Waals surface area (Å²) < 4.78 is 35.5. The van der Waals surface area contributed by atoms with E-state index in [-0.39, 0.29) is 11.4 Å². The molecular weight excluding hydrogens is 243 g/mol. The molecule has 0 saturated heterocycles. The Bertz CT molecular complexity index is 237. The van der Waals surface area contributed by atoms with E-state index in [0.29, 0.717) is 0 Å². The second-order valence-corrected chi connectivity index (χ2v) is 4.75. The first-order chi connectivity index (χ1) is 7.37. The SMILES string of the molecule is O=C(CCC(F)(F)F)NC1CCC(Cl)CC1. The van der Waals surface area contributed by atoms with Crippen LogP contribution in [0.4, 0.5) is 13.2 Å². The summed E-state index contributed by atoms with van der Waals surface area (Å²) in [6, 6.07) is -0.00395. The van der Waals surface area contributed by atoms with E-state index in [0.717, 1.165) is 25.7 Å². The monoisotopic (exact) mass is 257 g/mol. The van der Waals surface area contributed by atoms with Crippen LogP contribution in [0.25, 0.3) is 0 Å². The van der Waals surface area contributed by atoms with Crippen molar-refractivity contribution < 1.29 is 18.0 Å². The lowest BCUT2D eigenvalue weighted by atomic mass is 9.95. The summed E-state index contributed by atoms with van der Waals surface area (Å²) in [7, 11) is 0. The lowest BCUT2D eigenvalue weighted by molar-refractivity contribution is -0.144. The molecule has 1 N–H and O–H groups in total. The largest absolute Gasteiger partial charge is 0.389 e. The van der Waals surface area contributed by atoms with Crippen LogP contribution in [0.3, 0.4) is 0 Å². The van der Waals surface area contributed by atoms with Crippen molar-refractivity contribution in [2.75, 3.05) is 0 Å². The van der Waals surface area contributed by atoms with E-state index in [9.17, 15) is 18.0 Å². The highest BCUT2D eigenvalue weighted by atomic mass is 35.5. The first-order valence-electron chi connectivity index (χ1n) is 5.37. The van der Waals surface area contributed by atoms with Gasteiger partial charge < -0.3 is 5.32 Å². The Hall–Kier alpha value is -0.450. The minimum Gasteiger partial charge on any atom is -0.353 e. The van der Waals surface area contributed by atoms with Crippen LogP contribution in [0.15, 0.2) is 0 Å².